The summed E-state index contributed by atoms with van der Waals surface area (Å²) in [4.78, 5) is 26.7. The Morgan fingerprint density at radius 1 is 1.28 bits per heavy atom. The van der Waals surface area contributed by atoms with Gasteiger partial charge in [-0.15, -0.1) is 0 Å². The van der Waals surface area contributed by atoms with Crippen molar-refractivity contribution in [3.8, 4) is 5.75 Å². The van der Waals surface area contributed by atoms with Gasteiger partial charge in [0.1, 0.15) is 5.75 Å². The molecule has 0 unspecified atom stereocenters. The van der Waals surface area contributed by atoms with Gasteiger partial charge in [0.25, 0.3) is 5.56 Å². The predicted molar refractivity (Wildman–Crippen MR) is 99.6 cm³/mol. The summed E-state index contributed by atoms with van der Waals surface area (Å²) < 4.78 is 5.63. The quantitative estimate of drug-likeness (QED) is 0.794. The topological polar surface area (TPSA) is 71.2 Å². The van der Waals surface area contributed by atoms with Crippen molar-refractivity contribution in [1.29, 1.82) is 0 Å². The van der Waals surface area contributed by atoms with Crippen LogP contribution in [0, 0.1) is 13.8 Å². The Bertz CT molecular complexity index is 835. The maximum atomic E-state index is 12.0. The van der Waals surface area contributed by atoms with Crippen molar-refractivity contribution in [3.63, 3.8) is 0 Å². The van der Waals surface area contributed by atoms with Gasteiger partial charge in [-0.2, -0.15) is 0 Å². The summed E-state index contributed by atoms with van der Waals surface area (Å²) in [5.41, 5.74) is 2.95. The van der Waals surface area contributed by atoms with Gasteiger partial charge in [-0.1, -0.05) is 12.1 Å². The van der Waals surface area contributed by atoms with E-state index in [1.165, 1.54) is 6.08 Å². The largest absolute Gasteiger partial charge is 0.491 e. The molecule has 1 aromatic carbocycles. The number of pyridine rings is 1. The summed E-state index contributed by atoms with van der Waals surface area (Å²) in [5, 5.41) is 2.74. The van der Waals surface area contributed by atoms with Crippen LogP contribution in [-0.4, -0.2) is 17.0 Å². The Balaban J connectivity index is 1.99. The molecule has 1 amide bonds. The molecule has 25 heavy (non-hydrogen) atoms. The van der Waals surface area contributed by atoms with Crippen LogP contribution in [-0.2, 0) is 11.3 Å². The molecule has 0 saturated heterocycles. The summed E-state index contributed by atoms with van der Waals surface area (Å²) in [6, 6.07) is 9.41. The predicted octanol–water partition coefficient (Wildman–Crippen LogP) is 3.11. The SMILES string of the molecule is Cc1cc(C)c(CNC(=O)/C=C/c2cccc(OC(C)C)c2)c(=O)[nH]1. The third kappa shape index (κ3) is 5.64. The Kier molecular flexibility index (Phi) is 6.17. The number of nitrogens with one attached hydrogen (secondary N) is 2. The van der Waals surface area contributed by atoms with Gasteiger partial charge in [0.2, 0.25) is 5.91 Å². The molecule has 0 aliphatic heterocycles. The van der Waals surface area contributed by atoms with Crippen LogP contribution < -0.4 is 15.6 Å². The number of ether oxygens (including phenoxy) is 1. The lowest BCUT2D eigenvalue weighted by Crippen LogP contribution is -2.26. The first-order valence-electron chi connectivity index (χ1n) is 8.27. The number of aromatic amines is 1. The number of rotatable bonds is 6. The Labute approximate surface area is 147 Å². The highest BCUT2D eigenvalue weighted by molar-refractivity contribution is 5.91. The van der Waals surface area contributed by atoms with Crippen LogP contribution in [0.4, 0.5) is 0 Å². The minimum Gasteiger partial charge on any atom is -0.491 e. The second-order valence-corrected chi connectivity index (χ2v) is 6.23. The number of benzene rings is 1. The van der Waals surface area contributed by atoms with Gasteiger partial charge in [-0.3, -0.25) is 9.59 Å². The number of aromatic nitrogens is 1. The molecule has 0 aliphatic carbocycles. The lowest BCUT2D eigenvalue weighted by atomic mass is 10.1. The first-order chi connectivity index (χ1) is 11.8. The maximum Gasteiger partial charge on any atom is 0.253 e. The van der Waals surface area contributed by atoms with Crippen LogP contribution in [0.2, 0.25) is 0 Å². The fraction of sp³-hybridized carbons (Fsp3) is 0.300. The Morgan fingerprint density at radius 2 is 2.04 bits per heavy atom. The van der Waals surface area contributed by atoms with Crippen LogP contribution in [0.15, 0.2) is 41.2 Å². The average molecular weight is 340 g/mol. The van der Waals surface area contributed by atoms with Crippen LogP contribution >= 0.6 is 0 Å². The van der Waals surface area contributed by atoms with E-state index in [1.807, 2.05) is 58.0 Å². The zero-order valence-electron chi connectivity index (χ0n) is 15.1. The standard InChI is InChI=1S/C20H24N2O3/c1-13(2)25-17-7-5-6-16(11-17)8-9-19(23)21-12-18-14(3)10-15(4)22-20(18)24/h5-11,13H,12H2,1-4H3,(H,21,23)(H,22,24)/b9-8+. The summed E-state index contributed by atoms with van der Waals surface area (Å²) in [5.74, 6) is 0.508. The molecular formula is C20H24N2O3. The van der Waals surface area contributed by atoms with E-state index in [0.29, 0.717) is 5.56 Å². The zero-order chi connectivity index (χ0) is 18.4. The molecule has 132 valence electrons. The molecule has 1 aromatic heterocycles. The van der Waals surface area contributed by atoms with Gasteiger partial charge in [0.05, 0.1) is 6.10 Å². The van der Waals surface area contributed by atoms with Crippen molar-refractivity contribution in [3.05, 3.63) is 69.1 Å². The van der Waals surface area contributed by atoms with Gasteiger partial charge < -0.3 is 15.0 Å². The molecule has 2 rings (SSSR count). The van der Waals surface area contributed by atoms with E-state index in [9.17, 15) is 9.59 Å². The third-order valence-corrected chi connectivity index (χ3v) is 3.59. The number of carbonyl (C=O) groups excluding carboxylic acids is 1. The number of H-pyrrole nitrogens is 1. The number of aryl methyl sites for hydroxylation is 2. The van der Waals surface area contributed by atoms with Crippen molar-refractivity contribution < 1.29 is 9.53 Å². The molecule has 0 aliphatic rings. The molecule has 5 heteroatoms. The molecule has 0 atom stereocenters. The number of hydrogen-bond acceptors (Lipinski definition) is 3. The highest BCUT2D eigenvalue weighted by Gasteiger charge is 2.06. The minimum atomic E-state index is -0.255. The van der Waals surface area contributed by atoms with E-state index >= 15 is 0 Å². The van der Waals surface area contributed by atoms with Gasteiger partial charge in [-0.25, -0.2) is 0 Å². The molecular weight excluding hydrogens is 316 g/mol. The number of carbonyl (C=O) groups is 1. The first-order valence-corrected chi connectivity index (χ1v) is 8.27. The highest BCUT2D eigenvalue weighted by atomic mass is 16.5. The fourth-order valence-electron chi connectivity index (χ4n) is 2.47. The smallest absolute Gasteiger partial charge is 0.253 e. The van der Waals surface area contributed by atoms with E-state index in [4.69, 9.17) is 4.74 Å². The molecule has 2 aromatic rings. The highest BCUT2D eigenvalue weighted by Crippen LogP contribution is 2.15. The molecule has 0 spiro atoms. The van der Waals surface area contributed by atoms with Crippen LogP contribution in [0.25, 0.3) is 6.08 Å². The molecule has 5 nitrogen and oxygen atoms in total. The van der Waals surface area contributed by atoms with E-state index in [0.717, 1.165) is 22.6 Å². The normalized spacial score (nSPS) is 11.1. The van der Waals surface area contributed by atoms with Gasteiger partial charge >= 0.3 is 0 Å². The zero-order valence-corrected chi connectivity index (χ0v) is 15.1. The maximum absolute atomic E-state index is 12.0. The molecule has 0 fully saturated rings. The summed E-state index contributed by atoms with van der Waals surface area (Å²) in [7, 11) is 0. The fourth-order valence-corrected chi connectivity index (χ4v) is 2.47. The summed E-state index contributed by atoms with van der Waals surface area (Å²) >= 11 is 0. The molecule has 1 heterocycles. The molecule has 0 radical (unpaired) electrons. The van der Waals surface area contributed by atoms with Crippen molar-refractivity contribution >= 4 is 12.0 Å². The van der Waals surface area contributed by atoms with Crippen molar-refractivity contribution in [2.75, 3.05) is 0 Å². The van der Waals surface area contributed by atoms with Crippen molar-refractivity contribution in [1.82, 2.24) is 10.3 Å². The lowest BCUT2D eigenvalue weighted by Gasteiger charge is -2.09. The molecule has 0 bridgehead atoms. The van der Waals surface area contributed by atoms with Crippen molar-refractivity contribution in [2.45, 2.75) is 40.3 Å². The van der Waals surface area contributed by atoms with Crippen molar-refractivity contribution in [2.24, 2.45) is 0 Å². The second-order valence-electron chi connectivity index (χ2n) is 6.23. The van der Waals surface area contributed by atoms with E-state index in [1.54, 1.807) is 6.08 Å². The van der Waals surface area contributed by atoms with Crippen LogP contribution in [0.1, 0.15) is 36.2 Å². The third-order valence-electron chi connectivity index (χ3n) is 3.59. The first kappa shape index (κ1) is 18.5. The molecule has 2 N–H and O–H groups in total. The van der Waals surface area contributed by atoms with E-state index < -0.39 is 0 Å². The van der Waals surface area contributed by atoms with Crippen LogP contribution in [0.5, 0.6) is 5.75 Å². The Hall–Kier alpha value is -2.82. The van der Waals surface area contributed by atoms with Gasteiger partial charge in [-0.05, 0) is 63.1 Å². The van der Waals surface area contributed by atoms with E-state index in [2.05, 4.69) is 10.3 Å². The Morgan fingerprint density at radius 3 is 2.72 bits per heavy atom. The monoisotopic (exact) mass is 340 g/mol. The van der Waals surface area contributed by atoms with Gasteiger partial charge in [0.15, 0.2) is 0 Å². The summed E-state index contributed by atoms with van der Waals surface area (Å²) in [6.07, 6.45) is 3.26. The second kappa shape index (κ2) is 8.33. The van der Waals surface area contributed by atoms with Gasteiger partial charge in [0, 0.05) is 23.9 Å². The van der Waals surface area contributed by atoms with Crippen LogP contribution in [0.3, 0.4) is 0 Å². The molecule has 0 saturated carbocycles. The summed E-state index contributed by atoms with van der Waals surface area (Å²) in [6.45, 7) is 7.81. The average Bonchev–Trinajstić information content (AvgIpc) is 2.51. The number of amides is 1. The lowest BCUT2D eigenvalue weighted by molar-refractivity contribution is -0.116. The number of hydrogen-bond donors (Lipinski definition) is 2. The minimum absolute atomic E-state index is 0.0957. The van der Waals surface area contributed by atoms with E-state index in [-0.39, 0.29) is 24.1 Å².